The van der Waals surface area contributed by atoms with Crippen LogP contribution in [0.25, 0.3) is 11.3 Å². The molecule has 0 aliphatic carbocycles. The Hall–Kier alpha value is -1.34. The largest absolute Gasteiger partial charge is 0.219 e. The van der Waals surface area contributed by atoms with Crippen LogP contribution in [-0.4, -0.2) is 4.98 Å². The predicted molar refractivity (Wildman–Crippen MR) is 74.0 cm³/mol. The number of benzene rings is 1. The van der Waals surface area contributed by atoms with Gasteiger partial charge < -0.3 is 0 Å². The van der Waals surface area contributed by atoms with Gasteiger partial charge >= 0.3 is 0 Å². The van der Waals surface area contributed by atoms with E-state index in [0.29, 0.717) is 16.1 Å². The lowest BCUT2D eigenvalue weighted by Gasteiger charge is -2.11. The number of rotatable bonds is 2. The molecule has 0 radical (unpaired) electrons. The van der Waals surface area contributed by atoms with Crippen molar-refractivity contribution < 1.29 is 4.39 Å². The highest BCUT2D eigenvalue weighted by Crippen LogP contribution is 2.39. The summed E-state index contributed by atoms with van der Waals surface area (Å²) in [5, 5.41) is 9.56. The number of hydrogen-bond donors (Lipinski definition) is 0. The van der Waals surface area contributed by atoms with Gasteiger partial charge in [-0.3, -0.25) is 0 Å². The first-order valence-electron chi connectivity index (χ1n) is 5.21. The van der Waals surface area contributed by atoms with E-state index in [9.17, 15) is 4.39 Å². The molecule has 0 fully saturated rings. The van der Waals surface area contributed by atoms with Gasteiger partial charge in [-0.25, -0.2) is 4.98 Å². The molecule has 2 nitrogen and oxygen atoms in total. The third kappa shape index (κ3) is 2.82. The summed E-state index contributed by atoms with van der Waals surface area (Å²) in [4.78, 5) is 3.78. The van der Waals surface area contributed by atoms with Gasteiger partial charge in [0, 0.05) is 5.56 Å². The number of hydrogen-bond acceptors (Lipinski definition) is 2. The molecular formula is C13H6Cl3FN2. The predicted octanol–water partition coefficient (Wildman–Crippen LogP) is 4.91. The van der Waals surface area contributed by atoms with Crippen LogP contribution in [0.3, 0.4) is 0 Å². The second kappa shape index (κ2) is 5.75. The number of nitriles is 1. The van der Waals surface area contributed by atoms with E-state index in [1.807, 2.05) is 6.07 Å². The van der Waals surface area contributed by atoms with E-state index in [-0.39, 0.29) is 22.2 Å². The van der Waals surface area contributed by atoms with Gasteiger partial charge in [0.2, 0.25) is 5.95 Å². The second-order valence-corrected chi connectivity index (χ2v) is 4.89. The second-order valence-electron chi connectivity index (χ2n) is 3.69. The van der Waals surface area contributed by atoms with Crippen molar-refractivity contribution in [3.05, 3.63) is 50.8 Å². The van der Waals surface area contributed by atoms with E-state index in [1.165, 1.54) is 12.1 Å². The highest BCUT2D eigenvalue weighted by atomic mass is 35.5. The summed E-state index contributed by atoms with van der Waals surface area (Å²) in [7, 11) is 0. The summed E-state index contributed by atoms with van der Waals surface area (Å²) in [6, 6.07) is 7.74. The number of aromatic nitrogens is 1. The molecule has 0 amide bonds. The molecule has 0 spiro atoms. The van der Waals surface area contributed by atoms with Crippen LogP contribution in [0, 0.1) is 17.3 Å². The Bertz CT molecular complexity index is 680. The molecule has 1 aromatic carbocycles. The Morgan fingerprint density at radius 2 is 1.79 bits per heavy atom. The van der Waals surface area contributed by atoms with Crippen molar-refractivity contribution in [3.8, 4) is 17.3 Å². The summed E-state index contributed by atoms with van der Waals surface area (Å²) in [6.45, 7) is 0. The zero-order chi connectivity index (χ0) is 14.0. The average molecular weight is 316 g/mol. The standard InChI is InChI=1S/C13H6Cl3FN2/c14-8-2-3-9(15)12(16)11(8)13-7(5-6-18)1-4-10(17)19-13/h1-4H,5H2. The third-order valence-corrected chi connectivity index (χ3v) is 3.61. The van der Waals surface area contributed by atoms with E-state index < -0.39 is 5.95 Å². The van der Waals surface area contributed by atoms with Gasteiger partial charge in [0.25, 0.3) is 0 Å². The van der Waals surface area contributed by atoms with Crippen LogP contribution in [0.15, 0.2) is 24.3 Å². The van der Waals surface area contributed by atoms with Crippen LogP contribution in [0.5, 0.6) is 0 Å². The molecule has 0 aliphatic heterocycles. The Morgan fingerprint density at radius 1 is 1.11 bits per heavy atom. The fourth-order valence-electron chi connectivity index (χ4n) is 1.65. The molecule has 0 N–H and O–H groups in total. The molecule has 2 rings (SSSR count). The minimum absolute atomic E-state index is 0.0712. The highest BCUT2D eigenvalue weighted by molar-refractivity contribution is 6.46. The van der Waals surface area contributed by atoms with Crippen LogP contribution in [0.2, 0.25) is 15.1 Å². The lowest BCUT2D eigenvalue weighted by Crippen LogP contribution is -1.97. The molecule has 0 atom stereocenters. The van der Waals surface area contributed by atoms with Crippen LogP contribution in [0.1, 0.15) is 5.56 Å². The highest BCUT2D eigenvalue weighted by Gasteiger charge is 2.17. The molecule has 1 heterocycles. The zero-order valence-corrected chi connectivity index (χ0v) is 11.7. The molecule has 0 unspecified atom stereocenters. The molecule has 1 aromatic heterocycles. The normalized spacial score (nSPS) is 10.3. The summed E-state index contributed by atoms with van der Waals surface area (Å²) >= 11 is 18.1. The molecular weight excluding hydrogens is 310 g/mol. The van der Waals surface area contributed by atoms with Crippen LogP contribution < -0.4 is 0 Å². The minimum Gasteiger partial charge on any atom is -0.219 e. The Morgan fingerprint density at radius 3 is 2.47 bits per heavy atom. The fraction of sp³-hybridized carbons (Fsp3) is 0.0769. The van der Waals surface area contributed by atoms with Crippen molar-refractivity contribution in [2.45, 2.75) is 6.42 Å². The van der Waals surface area contributed by atoms with Crippen molar-refractivity contribution in [3.63, 3.8) is 0 Å². The number of halogens is 4. The summed E-state index contributed by atoms with van der Waals surface area (Å²) in [5.41, 5.74) is 1.11. The maximum Gasteiger partial charge on any atom is 0.213 e. The van der Waals surface area contributed by atoms with Crippen molar-refractivity contribution in [2.75, 3.05) is 0 Å². The zero-order valence-electron chi connectivity index (χ0n) is 9.42. The van der Waals surface area contributed by atoms with E-state index in [1.54, 1.807) is 12.1 Å². The van der Waals surface area contributed by atoms with E-state index in [2.05, 4.69) is 4.98 Å². The van der Waals surface area contributed by atoms with E-state index >= 15 is 0 Å². The first-order valence-corrected chi connectivity index (χ1v) is 6.34. The van der Waals surface area contributed by atoms with Crippen molar-refractivity contribution >= 4 is 34.8 Å². The molecule has 96 valence electrons. The maximum absolute atomic E-state index is 13.3. The SMILES string of the molecule is N#CCc1ccc(F)nc1-c1c(Cl)ccc(Cl)c1Cl. The van der Waals surface area contributed by atoms with Crippen molar-refractivity contribution in [1.29, 1.82) is 5.26 Å². The van der Waals surface area contributed by atoms with Gasteiger partial charge in [0.1, 0.15) is 0 Å². The first kappa shape index (κ1) is 14.1. The van der Waals surface area contributed by atoms with Crippen LogP contribution in [0.4, 0.5) is 4.39 Å². The fourth-order valence-corrected chi connectivity index (χ4v) is 2.36. The molecule has 0 saturated heterocycles. The van der Waals surface area contributed by atoms with Gasteiger partial charge in [0.15, 0.2) is 0 Å². The Labute approximate surface area is 124 Å². The molecule has 0 aliphatic rings. The number of pyridine rings is 1. The van der Waals surface area contributed by atoms with Gasteiger partial charge in [-0.2, -0.15) is 9.65 Å². The topological polar surface area (TPSA) is 36.7 Å². The smallest absolute Gasteiger partial charge is 0.213 e. The van der Waals surface area contributed by atoms with Gasteiger partial charge in [0.05, 0.1) is 33.3 Å². The van der Waals surface area contributed by atoms with Crippen LogP contribution >= 0.6 is 34.8 Å². The number of nitrogens with zero attached hydrogens (tertiary/aromatic N) is 2. The molecule has 6 heteroatoms. The van der Waals surface area contributed by atoms with E-state index in [4.69, 9.17) is 40.1 Å². The summed E-state index contributed by atoms with van der Waals surface area (Å²) < 4.78 is 13.3. The molecule has 2 aromatic rings. The maximum atomic E-state index is 13.3. The minimum atomic E-state index is -0.677. The summed E-state index contributed by atoms with van der Waals surface area (Å²) in [6.07, 6.45) is 0.0712. The van der Waals surface area contributed by atoms with Crippen LogP contribution in [-0.2, 0) is 6.42 Å². The monoisotopic (exact) mass is 314 g/mol. The first-order chi connectivity index (χ1) is 9.04. The van der Waals surface area contributed by atoms with Crippen molar-refractivity contribution in [2.24, 2.45) is 0 Å². The lowest BCUT2D eigenvalue weighted by atomic mass is 10.0. The van der Waals surface area contributed by atoms with E-state index in [0.717, 1.165) is 0 Å². The quantitative estimate of drug-likeness (QED) is 0.583. The van der Waals surface area contributed by atoms with Gasteiger partial charge in [-0.05, 0) is 23.8 Å². The summed E-state index contributed by atoms with van der Waals surface area (Å²) in [5.74, 6) is -0.677. The Kier molecular flexibility index (Phi) is 4.26. The molecule has 0 saturated carbocycles. The van der Waals surface area contributed by atoms with Crippen molar-refractivity contribution in [1.82, 2.24) is 4.98 Å². The third-order valence-electron chi connectivity index (χ3n) is 2.50. The van der Waals surface area contributed by atoms with Gasteiger partial charge in [-0.1, -0.05) is 40.9 Å². The average Bonchev–Trinajstić information content (AvgIpc) is 2.38. The Balaban J connectivity index is 2.75. The molecule has 19 heavy (non-hydrogen) atoms. The lowest BCUT2D eigenvalue weighted by molar-refractivity contribution is 0.584. The molecule has 0 bridgehead atoms. The van der Waals surface area contributed by atoms with Gasteiger partial charge in [-0.15, -0.1) is 0 Å².